The van der Waals surface area contributed by atoms with Crippen molar-refractivity contribution in [3.05, 3.63) is 53.0 Å². The molecule has 2 aromatic rings. The molecular weight excluding hydrogens is 443 g/mol. The fraction of sp³-hybridized carbons (Fsp3) is 0.500. The number of amides is 1. The first-order chi connectivity index (χ1) is 15.6. The van der Waals surface area contributed by atoms with Gasteiger partial charge in [0, 0.05) is 38.4 Å². The van der Waals surface area contributed by atoms with Crippen molar-refractivity contribution < 1.29 is 17.6 Å². The molecule has 1 atom stereocenters. The molecule has 9 heteroatoms. The van der Waals surface area contributed by atoms with Gasteiger partial charge in [-0.25, -0.2) is 17.8 Å². The summed E-state index contributed by atoms with van der Waals surface area (Å²) in [7, 11) is -3.48. The summed E-state index contributed by atoms with van der Waals surface area (Å²) in [5.74, 6) is -0.000469. The molecule has 2 saturated heterocycles. The van der Waals surface area contributed by atoms with Gasteiger partial charge in [0.1, 0.15) is 11.6 Å². The normalized spacial score (nSPS) is 20.5. The molecule has 0 N–H and O–H groups in total. The summed E-state index contributed by atoms with van der Waals surface area (Å²) < 4.78 is 41.5. The van der Waals surface area contributed by atoms with Crippen LogP contribution in [0, 0.1) is 25.6 Å². The van der Waals surface area contributed by atoms with Crippen molar-refractivity contribution in [1.29, 1.82) is 0 Å². The highest BCUT2D eigenvalue weighted by Gasteiger charge is 2.39. The van der Waals surface area contributed by atoms with Crippen LogP contribution < -0.4 is 9.21 Å². The average Bonchev–Trinajstić information content (AvgIpc) is 3.08. The number of halogens is 1. The Morgan fingerprint density at radius 1 is 1.12 bits per heavy atom. The minimum Gasteiger partial charge on any atom is -0.353 e. The summed E-state index contributed by atoms with van der Waals surface area (Å²) in [6.07, 6.45) is 2.35. The number of benzene rings is 1. The Hall–Kier alpha value is -2.68. The standard InChI is InChI=1S/C24H31FN4O3S/c1-16(2)22-7-12-33(31,32)29(22)19-5-6-20(21(25)14-19)24(30)28-10-8-27(9-11-28)23-18(4)13-17(3)15-26-23/h5-6,13-16,22H,7-12H2,1-4H3/t22-/m1/s1. The predicted molar refractivity (Wildman–Crippen MR) is 128 cm³/mol. The van der Waals surface area contributed by atoms with Crippen LogP contribution >= 0.6 is 0 Å². The molecule has 0 spiro atoms. The maximum absolute atomic E-state index is 15.0. The summed E-state index contributed by atoms with van der Waals surface area (Å²) in [5.41, 5.74) is 2.44. The van der Waals surface area contributed by atoms with Crippen molar-refractivity contribution >= 4 is 27.4 Å². The summed E-state index contributed by atoms with van der Waals surface area (Å²) in [5, 5.41) is 0. The lowest BCUT2D eigenvalue weighted by Crippen LogP contribution is -2.49. The van der Waals surface area contributed by atoms with Crippen LogP contribution in [0.4, 0.5) is 15.9 Å². The van der Waals surface area contributed by atoms with Crippen LogP contribution in [0.1, 0.15) is 41.8 Å². The highest BCUT2D eigenvalue weighted by Crippen LogP contribution is 2.33. The van der Waals surface area contributed by atoms with E-state index >= 15 is 4.39 Å². The van der Waals surface area contributed by atoms with Crippen molar-refractivity contribution in [2.45, 2.75) is 40.2 Å². The van der Waals surface area contributed by atoms with Gasteiger partial charge in [-0.15, -0.1) is 0 Å². The maximum Gasteiger partial charge on any atom is 0.256 e. The smallest absolute Gasteiger partial charge is 0.256 e. The summed E-state index contributed by atoms with van der Waals surface area (Å²) >= 11 is 0. The topological polar surface area (TPSA) is 73.8 Å². The molecule has 33 heavy (non-hydrogen) atoms. The minimum absolute atomic E-state index is 0.0328. The van der Waals surface area contributed by atoms with Gasteiger partial charge >= 0.3 is 0 Å². The zero-order valence-corrected chi connectivity index (χ0v) is 20.4. The van der Waals surface area contributed by atoms with Gasteiger partial charge in [0.25, 0.3) is 5.91 Å². The monoisotopic (exact) mass is 474 g/mol. The number of nitrogens with zero attached hydrogens (tertiary/aromatic N) is 4. The Balaban J connectivity index is 1.48. The third-order valence-electron chi connectivity index (χ3n) is 6.53. The lowest BCUT2D eigenvalue weighted by atomic mass is 10.0. The van der Waals surface area contributed by atoms with Crippen LogP contribution in [0.2, 0.25) is 0 Å². The molecule has 1 aromatic carbocycles. The average molecular weight is 475 g/mol. The first-order valence-electron chi connectivity index (χ1n) is 11.4. The molecular formula is C24H31FN4O3S. The van der Waals surface area contributed by atoms with E-state index in [4.69, 9.17) is 0 Å². The second kappa shape index (κ2) is 8.93. The summed E-state index contributed by atoms with van der Waals surface area (Å²) in [6, 6.07) is 6.02. The Morgan fingerprint density at radius 3 is 2.42 bits per heavy atom. The molecule has 2 aliphatic rings. The molecule has 1 amide bonds. The van der Waals surface area contributed by atoms with Gasteiger partial charge in [-0.3, -0.25) is 9.10 Å². The zero-order chi connectivity index (χ0) is 23.9. The van der Waals surface area contributed by atoms with Crippen molar-refractivity contribution in [3.8, 4) is 0 Å². The number of sulfonamides is 1. The Bertz CT molecular complexity index is 1160. The second-order valence-corrected chi connectivity index (χ2v) is 11.3. The van der Waals surface area contributed by atoms with E-state index in [1.165, 1.54) is 16.4 Å². The van der Waals surface area contributed by atoms with Crippen LogP contribution in [-0.2, 0) is 10.0 Å². The van der Waals surface area contributed by atoms with E-state index < -0.39 is 15.8 Å². The first kappa shape index (κ1) is 23.5. The number of aromatic nitrogens is 1. The molecule has 0 radical (unpaired) electrons. The first-order valence-corrected chi connectivity index (χ1v) is 13.0. The van der Waals surface area contributed by atoms with Crippen molar-refractivity contribution in [2.24, 2.45) is 5.92 Å². The molecule has 0 bridgehead atoms. The molecule has 4 rings (SSSR count). The number of carbonyl (C=O) groups excluding carboxylic acids is 1. The number of pyridine rings is 1. The number of hydrogen-bond donors (Lipinski definition) is 0. The number of rotatable bonds is 4. The van der Waals surface area contributed by atoms with Gasteiger partial charge in [0.2, 0.25) is 10.0 Å². The zero-order valence-electron chi connectivity index (χ0n) is 19.6. The highest BCUT2D eigenvalue weighted by atomic mass is 32.2. The molecule has 0 saturated carbocycles. The van der Waals surface area contributed by atoms with Crippen LogP contribution in [0.5, 0.6) is 0 Å². The van der Waals surface area contributed by atoms with Crippen molar-refractivity contribution in [2.75, 3.05) is 41.1 Å². The van der Waals surface area contributed by atoms with E-state index in [0.29, 0.717) is 32.6 Å². The van der Waals surface area contributed by atoms with E-state index in [2.05, 4.69) is 16.0 Å². The number of anilines is 2. The molecule has 0 aliphatic carbocycles. The fourth-order valence-electron chi connectivity index (χ4n) is 4.79. The van der Waals surface area contributed by atoms with Crippen LogP contribution in [-0.4, -0.2) is 62.2 Å². The van der Waals surface area contributed by atoms with Gasteiger partial charge in [0.15, 0.2) is 0 Å². The fourth-order valence-corrected chi connectivity index (χ4v) is 6.73. The van der Waals surface area contributed by atoms with E-state index in [-0.39, 0.29) is 34.9 Å². The molecule has 2 aliphatic heterocycles. The van der Waals surface area contributed by atoms with E-state index in [1.54, 1.807) is 11.0 Å². The Kier molecular flexibility index (Phi) is 6.35. The van der Waals surface area contributed by atoms with E-state index in [9.17, 15) is 13.2 Å². The van der Waals surface area contributed by atoms with Gasteiger partial charge in [-0.05, 0) is 55.5 Å². The maximum atomic E-state index is 15.0. The van der Waals surface area contributed by atoms with Crippen LogP contribution in [0.3, 0.4) is 0 Å². The Labute approximate surface area is 195 Å². The molecule has 0 unspecified atom stereocenters. The highest BCUT2D eigenvalue weighted by molar-refractivity contribution is 7.93. The number of piperazine rings is 1. The van der Waals surface area contributed by atoms with Gasteiger partial charge in [-0.1, -0.05) is 19.9 Å². The summed E-state index contributed by atoms with van der Waals surface area (Å²) in [6.45, 7) is 10.1. The third-order valence-corrected chi connectivity index (χ3v) is 8.37. The van der Waals surface area contributed by atoms with E-state index in [0.717, 1.165) is 16.9 Å². The lowest BCUT2D eigenvalue weighted by molar-refractivity contribution is 0.0742. The molecule has 1 aromatic heterocycles. The number of hydrogen-bond acceptors (Lipinski definition) is 5. The lowest BCUT2D eigenvalue weighted by Gasteiger charge is -2.36. The van der Waals surface area contributed by atoms with E-state index in [1.807, 2.05) is 33.9 Å². The number of aryl methyl sites for hydroxylation is 2. The van der Waals surface area contributed by atoms with Crippen LogP contribution in [0.25, 0.3) is 0 Å². The SMILES string of the molecule is Cc1cnc(N2CCN(C(=O)c3ccc(N4[C@@H](C(C)C)CCS4(=O)=O)cc3F)CC2)c(C)c1. The van der Waals surface area contributed by atoms with Crippen molar-refractivity contribution in [1.82, 2.24) is 9.88 Å². The molecule has 7 nitrogen and oxygen atoms in total. The predicted octanol–water partition coefficient (Wildman–Crippen LogP) is 3.36. The Morgan fingerprint density at radius 2 is 1.82 bits per heavy atom. The van der Waals surface area contributed by atoms with Gasteiger partial charge in [0.05, 0.1) is 17.0 Å². The van der Waals surface area contributed by atoms with Gasteiger partial charge < -0.3 is 9.80 Å². The quantitative estimate of drug-likeness (QED) is 0.679. The largest absolute Gasteiger partial charge is 0.353 e. The third kappa shape index (κ3) is 4.55. The van der Waals surface area contributed by atoms with Crippen molar-refractivity contribution in [3.63, 3.8) is 0 Å². The number of carbonyl (C=O) groups is 1. The van der Waals surface area contributed by atoms with Crippen LogP contribution in [0.15, 0.2) is 30.5 Å². The molecule has 178 valence electrons. The molecule has 2 fully saturated rings. The molecule has 3 heterocycles. The van der Waals surface area contributed by atoms with Gasteiger partial charge in [-0.2, -0.15) is 0 Å². The summed E-state index contributed by atoms with van der Waals surface area (Å²) in [4.78, 5) is 21.3. The second-order valence-electron chi connectivity index (χ2n) is 9.31. The minimum atomic E-state index is -3.48.